The Hall–Kier alpha value is -0.330. The fourth-order valence-electron chi connectivity index (χ4n) is 2.07. The summed E-state index contributed by atoms with van der Waals surface area (Å²) in [5.74, 6) is 0.755. The Labute approximate surface area is 93.2 Å². The molecule has 1 saturated heterocycles. The number of hydrogen-bond acceptors (Lipinski definition) is 3. The van der Waals surface area contributed by atoms with E-state index in [1.54, 1.807) is 0 Å². The van der Waals surface area contributed by atoms with Gasteiger partial charge in [-0.15, -0.1) is 0 Å². The van der Waals surface area contributed by atoms with Crippen molar-refractivity contribution in [2.24, 2.45) is 11.7 Å². The van der Waals surface area contributed by atoms with Crippen molar-refractivity contribution in [2.45, 2.75) is 37.6 Å². The molecular weight excluding hydrogens is 219 g/mol. The largest absolute Gasteiger partial charge is 0.417 e. The summed E-state index contributed by atoms with van der Waals surface area (Å²) in [5.41, 5.74) is 5.16. The zero-order chi connectivity index (χ0) is 11.8. The van der Waals surface area contributed by atoms with Crippen LogP contribution in [0, 0.1) is 5.92 Å². The molecule has 3 N–H and O–H groups in total. The van der Waals surface area contributed by atoms with E-state index in [-0.39, 0.29) is 6.04 Å². The molecular formula is C10H18F3N3. The Morgan fingerprint density at radius 2 is 2.00 bits per heavy atom. The average molecular weight is 237 g/mol. The average Bonchev–Trinajstić information content (AvgIpc) is 2.91. The number of nitrogens with zero attached hydrogens (tertiary/aromatic N) is 1. The van der Waals surface area contributed by atoms with Gasteiger partial charge in [0.05, 0.1) is 0 Å². The lowest BCUT2D eigenvalue weighted by Gasteiger charge is -2.26. The highest BCUT2D eigenvalue weighted by atomic mass is 19.4. The summed E-state index contributed by atoms with van der Waals surface area (Å²) >= 11 is 0. The number of halogens is 3. The maximum Gasteiger partial charge on any atom is 0.417 e. The summed E-state index contributed by atoms with van der Waals surface area (Å²) < 4.78 is 37.1. The topological polar surface area (TPSA) is 41.3 Å². The van der Waals surface area contributed by atoms with Crippen LogP contribution in [-0.4, -0.2) is 42.9 Å². The number of rotatable bonds is 4. The van der Waals surface area contributed by atoms with Gasteiger partial charge in [-0.05, 0) is 31.7 Å². The van der Waals surface area contributed by atoms with Crippen LogP contribution in [0.4, 0.5) is 13.2 Å². The normalized spacial score (nSPS) is 29.6. The van der Waals surface area contributed by atoms with Crippen LogP contribution >= 0.6 is 0 Å². The van der Waals surface area contributed by atoms with Gasteiger partial charge in [0, 0.05) is 19.1 Å². The molecule has 2 aliphatic rings. The summed E-state index contributed by atoms with van der Waals surface area (Å²) in [6, 6.07) is 0.175. The Bertz CT molecular complexity index is 240. The monoisotopic (exact) mass is 237 g/mol. The van der Waals surface area contributed by atoms with Crippen LogP contribution in [0.2, 0.25) is 0 Å². The zero-order valence-corrected chi connectivity index (χ0v) is 9.13. The Morgan fingerprint density at radius 1 is 1.31 bits per heavy atom. The van der Waals surface area contributed by atoms with Crippen LogP contribution in [0.15, 0.2) is 0 Å². The van der Waals surface area contributed by atoms with Crippen molar-refractivity contribution in [1.29, 1.82) is 0 Å². The van der Waals surface area contributed by atoms with E-state index in [2.05, 4.69) is 5.32 Å². The highest BCUT2D eigenvalue weighted by molar-refractivity contribution is 4.87. The fraction of sp³-hybridized carbons (Fsp3) is 1.00. The van der Waals surface area contributed by atoms with Gasteiger partial charge < -0.3 is 11.1 Å². The maximum atomic E-state index is 12.4. The third-order valence-electron chi connectivity index (χ3n) is 3.34. The molecule has 2 atom stereocenters. The molecule has 1 aliphatic carbocycles. The van der Waals surface area contributed by atoms with Crippen molar-refractivity contribution < 1.29 is 13.2 Å². The molecule has 1 saturated carbocycles. The van der Waals surface area contributed by atoms with Gasteiger partial charge in [-0.3, -0.25) is 4.90 Å². The molecule has 3 nitrogen and oxygen atoms in total. The van der Waals surface area contributed by atoms with Gasteiger partial charge in [0.1, 0.15) is 0 Å². The lowest BCUT2D eigenvalue weighted by atomic mass is 10.2. The van der Waals surface area contributed by atoms with E-state index in [0.717, 1.165) is 18.9 Å². The highest BCUT2D eigenvalue weighted by Gasteiger charge is 2.43. The van der Waals surface area contributed by atoms with Gasteiger partial charge in [-0.25, -0.2) is 0 Å². The van der Waals surface area contributed by atoms with E-state index in [1.165, 1.54) is 17.7 Å². The Balaban J connectivity index is 1.73. The van der Waals surface area contributed by atoms with Gasteiger partial charge in [-0.1, -0.05) is 0 Å². The summed E-state index contributed by atoms with van der Waals surface area (Å²) in [6.07, 6.45) is -2.85. The molecule has 0 aromatic carbocycles. The molecule has 2 fully saturated rings. The number of alkyl halides is 3. The lowest BCUT2D eigenvalue weighted by molar-refractivity contribution is -0.179. The molecule has 6 heteroatoms. The summed E-state index contributed by atoms with van der Waals surface area (Å²) in [6.45, 7) is 1.79. The van der Waals surface area contributed by atoms with Crippen molar-refractivity contribution in [3.05, 3.63) is 0 Å². The van der Waals surface area contributed by atoms with Gasteiger partial charge in [-0.2, -0.15) is 13.2 Å². The smallest absolute Gasteiger partial charge is 0.312 e. The van der Waals surface area contributed by atoms with Crippen LogP contribution in [0.25, 0.3) is 0 Å². The molecule has 2 rings (SSSR count). The molecule has 0 amide bonds. The third-order valence-corrected chi connectivity index (χ3v) is 3.34. The molecule has 1 heterocycles. The van der Waals surface area contributed by atoms with Crippen molar-refractivity contribution in [3.8, 4) is 0 Å². The third kappa shape index (κ3) is 3.09. The number of hydrogen-bond donors (Lipinski definition) is 2. The van der Waals surface area contributed by atoms with E-state index >= 15 is 0 Å². The van der Waals surface area contributed by atoms with E-state index in [1.807, 2.05) is 0 Å². The first-order valence-electron chi connectivity index (χ1n) is 5.76. The van der Waals surface area contributed by atoms with E-state index in [4.69, 9.17) is 5.73 Å². The SMILES string of the molecule is NC(N1CCC(NCC2CC2)C1)C(F)(F)F. The lowest BCUT2D eigenvalue weighted by Crippen LogP contribution is -2.51. The minimum atomic E-state index is -4.31. The molecule has 16 heavy (non-hydrogen) atoms. The first kappa shape index (κ1) is 12.1. The molecule has 0 aromatic rings. The minimum absolute atomic E-state index is 0.175. The van der Waals surface area contributed by atoms with Crippen molar-refractivity contribution in [3.63, 3.8) is 0 Å². The van der Waals surface area contributed by atoms with Crippen molar-refractivity contribution in [1.82, 2.24) is 10.2 Å². The Kier molecular flexibility index (Phi) is 3.42. The van der Waals surface area contributed by atoms with E-state index < -0.39 is 12.3 Å². The molecule has 2 unspecified atom stereocenters. The van der Waals surface area contributed by atoms with Gasteiger partial charge in [0.25, 0.3) is 0 Å². The van der Waals surface area contributed by atoms with Gasteiger partial charge in [0.2, 0.25) is 0 Å². The predicted molar refractivity (Wildman–Crippen MR) is 54.7 cm³/mol. The second-order valence-electron chi connectivity index (χ2n) is 4.82. The molecule has 0 radical (unpaired) electrons. The standard InChI is InChI=1S/C10H18F3N3/c11-10(12,13)9(14)16-4-3-8(6-16)15-5-7-1-2-7/h7-9,15H,1-6,14H2. The summed E-state index contributed by atoms with van der Waals surface area (Å²) in [4.78, 5) is 1.31. The maximum absolute atomic E-state index is 12.4. The number of nitrogens with one attached hydrogen (secondary N) is 1. The number of likely N-dealkylation sites (tertiary alicyclic amines) is 1. The quantitative estimate of drug-likeness (QED) is 0.763. The van der Waals surface area contributed by atoms with E-state index in [9.17, 15) is 13.2 Å². The fourth-order valence-corrected chi connectivity index (χ4v) is 2.07. The zero-order valence-electron chi connectivity index (χ0n) is 9.13. The molecule has 1 aliphatic heterocycles. The Morgan fingerprint density at radius 3 is 2.56 bits per heavy atom. The van der Waals surface area contributed by atoms with Crippen molar-refractivity contribution >= 4 is 0 Å². The van der Waals surface area contributed by atoms with E-state index in [0.29, 0.717) is 13.1 Å². The first-order valence-corrected chi connectivity index (χ1v) is 5.76. The predicted octanol–water partition coefficient (Wildman–Crippen LogP) is 0.907. The summed E-state index contributed by atoms with van der Waals surface area (Å²) in [5, 5.41) is 3.32. The minimum Gasteiger partial charge on any atom is -0.312 e. The van der Waals surface area contributed by atoms with Crippen LogP contribution in [0.3, 0.4) is 0 Å². The second-order valence-corrected chi connectivity index (χ2v) is 4.82. The van der Waals surface area contributed by atoms with Crippen LogP contribution < -0.4 is 11.1 Å². The highest BCUT2D eigenvalue weighted by Crippen LogP contribution is 2.28. The van der Waals surface area contributed by atoms with Crippen LogP contribution in [-0.2, 0) is 0 Å². The molecule has 0 aromatic heterocycles. The van der Waals surface area contributed by atoms with Crippen molar-refractivity contribution in [2.75, 3.05) is 19.6 Å². The molecule has 0 bridgehead atoms. The van der Waals surface area contributed by atoms with Crippen LogP contribution in [0.1, 0.15) is 19.3 Å². The van der Waals surface area contributed by atoms with Gasteiger partial charge >= 0.3 is 6.18 Å². The number of nitrogens with two attached hydrogens (primary N) is 1. The molecule has 0 spiro atoms. The summed E-state index contributed by atoms with van der Waals surface area (Å²) in [7, 11) is 0. The molecule has 94 valence electrons. The van der Waals surface area contributed by atoms with Gasteiger partial charge in [0.15, 0.2) is 6.17 Å². The second kappa shape index (κ2) is 4.50. The van der Waals surface area contributed by atoms with Crippen LogP contribution in [0.5, 0.6) is 0 Å². The first-order chi connectivity index (χ1) is 7.47.